The van der Waals surface area contributed by atoms with Crippen molar-refractivity contribution in [2.24, 2.45) is 5.92 Å². The van der Waals surface area contributed by atoms with Crippen molar-refractivity contribution in [3.8, 4) is 0 Å². The van der Waals surface area contributed by atoms with Crippen LogP contribution in [0.2, 0.25) is 0 Å². The molecule has 0 saturated heterocycles. The maximum atomic E-state index is 13.3. The van der Waals surface area contributed by atoms with Gasteiger partial charge < -0.3 is 10.4 Å². The van der Waals surface area contributed by atoms with Crippen molar-refractivity contribution in [3.63, 3.8) is 0 Å². The van der Waals surface area contributed by atoms with Gasteiger partial charge in [0.1, 0.15) is 11.9 Å². The largest absolute Gasteiger partial charge is 0.480 e. The van der Waals surface area contributed by atoms with Crippen molar-refractivity contribution in [1.82, 2.24) is 5.32 Å². The number of hydrogen-bond acceptors (Lipinski definition) is 3. The Balaban J connectivity index is 2.86. The number of benzene rings is 1. The molecule has 0 aromatic heterocycles. The van der Waals surface area contributed by atoms with Crippen molar-refractivity contribution < 1.29 is 19.1 Å². The lowest BCUT2D eigenvalue weighted by Crippen LogP contribution is -2.41. The molecule has 0 aliphatic rings. The van der Waals surface area contributed by atoms with E-state index in [-0.39, 0.29) is 11.5 Å². The summed E-state index contributed by atoms with van der Waals surface area (Å²) in [5.41, 5.74) is 0.255. The molecule has 1 aromatic carbocycles. The lowest BCUT2D eigenvalue weighted by atomic mass is 10.0. The molecule has 2 N–H and O–H groups in total. The van der Waals surface area contributed by atoms with E-state index in [0.717, 1.165) is 0 Å². The summed E-state index contributed by atoms with van der Waals surface area (Å²) in [6.45, 7) is 3.76. The second-order valence-electron chi connectivity index (χ2n) is 4.84. The van der Waals surface area contributed by atoms with Gasteiger partial charge in [-0.1, -0.05) is 13.8 Å². The number of hydrogen-bond donors (Lipinski definition) is 2. The minimum Gasteiger partial charge on any atom is -0.480 e. The Labute approximate surface area is 121 Å². The highest BCUT2D eigenvalue weighted by Crippen LogP contribution is 2.20. The van der Waals surface area contributed by atoms with E-state index in [1.54, 1.807) is 6.26 Å². The van der Waals surface area contributed by atoms with Gasteiger partial charge in [-0.15, -0.1) is 11.8 Å². The van der Waals surface area contributed by atoms with Crippen molar-refractivity contribution >= 4 is 23.6 Å². The second-order valence-corrected chi connectivity index (χ2v) is 5.69. The topological polar surface area (TPSA) is 66.4 Å². The third-order valence-corrected chi connectivity index (χ3v) is 3.48. The molecule has 1 unspecified atom stereocenters. The predicted molar refractivity (Wildman–Crippen MR) is 76.5 cm³/mol. The quantitative estimate of drug-likeness (QED) is 0.793. The fraction of sp³-hybridized carbons (Fsp3) is 0.429. The first-order valence-corrected chi connectivity index (χ1v) is 7.44. The van der Waals surface area contributed by atoms with Crippen LogP contribution in [0.5, 0.6) is 0 Å². The summed E-state index contributed by atoms with van der Waals surface area (Å²) in [6.07, 6.45) is 2.05. The Bertz CT molecular complexity index is 505. The third kappa shape index (κ3) is 4.52. The fourth-order valence-corrected chi connectivity index (χ4v) is 2.24. The molecule has 0 saturated carbocycles. The first-order chi connectivity index (χ1) is 9.35. The standard InChI is InChI=1S/C14H18FNO3S/c1-8(2)6-11(14(18)19)16-13(17)9-4-5-10(15)12(7-9)20-3/h4-5,7-8,11H,6H2,1-3H3,(H,16,17)(H,18,19). The summed E-state index contributed by atoms with van der Waals surface area (Å²) in [5, 5.41) is 11.5. The summed E-state index contributed by atoms with van der Waals surface area (Å²) >= 11 is 1.19. The minimum atomic E-state index is -1.07. The normalized spacial score (nSPS) is 12.2. The maximum Gasteiger partial charge on any atom is 0.326 e. The zero-order valence-corrected chi connectivity index (χ0v) is 12.5. The van der Waals surface area contributed by atoms with Crippen LogP contribution in [0.1, 0.15) is 30.6 Å². The predicted octanol–water partition coefficient (Wildman–Crippen LogP) is 2.78. The highest BCUT2D eigenvalue weighted by atomic mass is 32.2. The minimum absolute atomic E-state index is 0.145. The smallest absolute Gasteiger partial charge is 0.326 e. The van der Waals surface area contributed by atoms with Gasteiger partial charge in [-0.05, 0) is 36.8 Å². The Kier molecular flexibility index (Phi) is 6.01. The van der Waals surface area contributed by atoms with Gasteiger partial charge >= 0.3 is 5.97 Å². The number of nitrogens with one attached hydrogen (secondary N) is 1. The van der Waals surface area contributed by atoms with Crippen molar-refractivity contribution in [2.45, 2.75) is 31.2 Å². The number of thioether (sulfide) groups is 1. The molecule has 0 bridgehead atoms. The van der Waals surface area contributed by atoms with Gasteiger partial charge in [-0.3, -0.25) is 4.79 Å². The molecule has 1 amide bonds. The van der Waals surface area contributed by atoms with E-state index in [0.29, 0.717) is 11.3 Å². The molecule has 0 heterocycles. The molecule has 110 valence electrons. The molecule has 1 rings (SSSR count). The van der Waals surface area contributed by atoms with E-state index in [2.05, 4.69) is 5.32 Å². The summed E-state index contributed by atoms with van der Waals surface area (Å²) < 4.78 is 13.3. The zero-order chi connectivity index (χ0) is 15.3. The number of halogens is 1. The molecule has 0 radical (unpaired) electrons. The molecule has 0 fully saturated rings. The first-order valence-electron chi connectivity index (χ1n) is 6.22. The van der Waals surface area contributed by atoms with Gasteiger partial charge in [0.05, 0.1) is 0 Å². The van der Waals surface area contributed by atoms with Crippen LogP contribution in [0, 0.1) is 11.7 Å². The second kappa shape index (κ2) is 7.28. The number of carboxylic acid groups (broad SMARTS) is 1. The summed E-state index contributed by atoms with van der Waals surface area (Å²) in [7, 11) is 0. The average molecular weight is 299 g/mol. The van der Waals surface area contributed by atoms with Gasteiger partial charge in [0.2, 0.25) is 0 Å². The molecule has 1 atom stereocenters. The van der Waals surface area contributed by atoms with Crippen LogP contribution in [-0.4, -0.2) is 29.3 Å². The van der Waals surface area contributed by atoms with Crippen molar-refractivity contribution in [1.29, 1.82) is 0 Å². The highest BCUT2D eigenvalue weighted by Gasteiger charge is 2.22. The van der Waals surface area contributed by atoms with E-state index in [9.17, 15) is 14.0 Å². The Morgan fingerprint density at radius 2 is 2.05 bits per heavy atom. The molecular formula is C14H18FNO3S. The third-order valence-electron chi connectivity index (χ3n) is 2.72. The number of amides is 1. The Morgan fingerprint density at radius 1 is 1.40 bits per heavy atom. The van der Waals surface area contributed by atoms with Crippen LogP contribution >= 0.6 is 11.8 Å². The molecular weight excluding hydrogens is 281 g/mol. The number of carbonyl (C=O) groups is 2. The van der Waals surface area contributed by atoms with Crippen LogP contribution in [-0.2, 0) is 4.79 Å². The molecule has 1 aromatic rings. The van der Waals surface area contributed by atoms with Crippen LogP contribution in [0.15, 0.2) is 23.1 Å². The van der Waals surface area contributed by atoms with Crippen LogP contribution < -0.4 is 5.32 Å². The molecule has 4 nitrogen and oxygen atoms in total. The maximum absolute atomic E-state index is 13.3. The first kappa shape index (κ1) is 16.5. The monoisotopic (exact) mass is 299 g/mol. The number of rotatable bonds is 6. The number of carboxylic acids is 1. The zero-order valence-electron chi connectivity index (χ0n) is 11.6. The Hall–Kier alpha value is -1.56. The summed E-state index contributed by atoms with van der Waals surface area (Å²) in [4.78, 5) is 23.5. The van der Waals surface area contributed by atoms with Crippen molar-refractivity contribution in [2.75, 3.05) is 6.26 Å². The van der Waals surface area contributed by atoms with Crippen LogP contribution in [0.25, 0.3) is 0 Å². The summed E-state index contributed by atoms with van der Waals surface area (Å²) in [5.74, 6) is -1.83. The molecule has 0 spiro atoms. The van der Waals surface area contributed by atoms with Gasteiger partial charge in [0, 0.05) is 10.5 Å². The average Bonchev–Trinajstić information content (AvgIpc) is 2.37. The molecule has 0 aliphatic heterocycles. The molecule has 0 aliphatic carbocycles. The number of aliphatic carboxylic acids is 1. The SMILES string of the molecule is CSc1cc(C(=O)NC(CC(C)C)C(=O)O)ccc1F. The molecule has 20 heavy (non-hydrogen) atoms. The molecule has 6 heteroatoms. The van der Waals surface area contributed by atoms with E-state index < -0.39 is 23.7 Å². The van der Waals surface area contributed by atoms with Gasteiger partial charge in [-0.2, -0.15) is 0 Å². The van der Waals surface area contributed by atoms with E-state index in [1.807, 2.05) is 13.8 Å². The van der Waals surface area contributed by atoms with E-state index in [1.165, 1.54) is 30.0 Å². The Morgan fingerprint density at radius 3 is 2.55 bits per heavy atom. The van der Waals surface area contributed by atoms with Gasteiger partial charge in [0.15, 0.2) is 0 Å². The summed E-state index contributed by atoms with van der Waals surface area (Å²) in [6, 6.07) is 3.03. The van der Waals surface area contributed by atoms with Crippen LogP contribution in [0.4, 0.5) is 4.39 Å². The van der Waals surface area contributed by atoms with Gasteiger partial charge in [0.25, 0.3) is 5.91 Å². The highest BCUT2D eigenvalue weighted by molar-refractivity contribution is 7.98. The van der Waals surface area contributed by atoms with Crippen LogP contribution in [0.3, 0.4) is 0 Å². The van der Waals surface area contributed by atoms with E-state index in [4.69, 9.17) is 5.11 Å². The van der Waals surface area contributed by atoms with Gasteiger partial charge in [-0.25, -0.2) is 9.18 Å². The fourth-order valence-electron chi connectivity index (χ4n) is 1.74. The lowest BCUT2D eigenvalue weighted by Gasteiger charge is -2.16. The van der Waals surface area contributed by atoms with E-state index >= 15 is 0 Å². The number of carbonyl (C=O) groups excluding carboxylic acids is 1. The lowest BCUT2D eigenvalue weighted by molar-refractivity contribution is -0.139. The van der Waals surface area contributed by atoms with Crippen molar-refractivity contribution in [3.05, 3.63) is 29.6 Å².